The van der Waals surface area contributed by atoms with Crippen LogP contribution in [0.25, 0.3) is 11.1 Å². The predicted octanol–water partition coefficient (Wildman–Crippen LogP) is 5.51. The maximum Gasteiger partial charge on any atom is 0.435 e. The monoisotopic (exact) mass is 444 g/mol. The number of nitrogens with zero attached hydrogens (tertiary/aromatic N) is 3. The van der Waals surface area contributed by atoms with Crippen LogP contribution in [0.15, 0.2) is 59.9 Å². The molecular weight excluding hydrogens is 421 g/mol. The third kappa shape index (κ3) is 5.35. The Labute approximate surface area is 183 Å². The highest BCUT2D eigenvalue weighted by Crippen LogP contribution is 2.32. The van der Waals surface area contributed by atoms with Gasteiger partial charge in [-0.15, -0.1) is 0 Å². The molecule has 1 N–H and O–H groups in total. The van der Waals surface area contributed by atoms with Crippen molar-refractivity contribution < 1.29 is 22.8 Å². The molecule has 0 aliphatic carbocycles. The summed E-state index contributed by atoms with van der Waals surface area (Å²) in [5.41, 5.74) is 1.68. The first-order valence-corrected chi connectivity index (χ1v) is 9.99. The van der Waals surface area contributed by atoms with E-state index in [1.165, 1.54) is 7.05 Å². The maximum atomic E-state index is 13.2. The van der Waals surface area contributed by atoms with Crippen LogP contribution < -0.4 is 5.32 Å². The number of aryl methyl sites for hydroxylation is 1. The van der Waals surface area contributed by atoms with Crippen LogP contribution in [0.3, 0.4) is 0 Å². The van der Waals surface area contributed by atoms with Gasteiger partial charge in [0.1, 0.15) is 6.61 Å². The summed E-state index contributed by atoms with van der Waals surface area (Å²) in [4.78, 5) is 17.9. The fourth-order valence-electron chi connectivity index (χ4n) is 3.07. The molecule has 0 unspecified atom stereocenters. The van der Waals surface area contributed by atoms with Gasteiger partial charge in [0.05, 0.1) is 11.3 Å². The number of anilines is 1. The lowest BCUT2D eigenvalue weighted by Gasteiger charge is -2.12. The van der Waals surface area contributed by atoms with Gasteiger partial charge in [-0.05, 0) is 30.5 Å². The Morgan fingerprint density at radius 2 is 1.84 bits per heavy atom. The summed E-state index contributed by atoms with van der Waals surface area (Å²) in [6.45, 7) is 4.37. The normalized spacial score (nSPS) is 12.0. The van der Waals surface area contributed by atoms with Gasteiger partial charge < -0.3 is 10.2 Å². The highest BCUT2D eigenvalue weighted by molar-refractivity contribution is 6.07. The van der Waals surface area contributed by atoms with Crippen molar-refractivity contribution in [3.8, 4) is 11.1 Å². The molecule has 0 radical (unpaired) electrons. The Morgan fingerprint density at radius 1 is 1.16 bits per heavy atom. The number of benzene rings is 2. The van der Waals surface area contributed by atoms with E-state index in [1.54, 1.807) is 24.3 Å². The van der Waals surface area contributed by atoms with E-state index in [4.69, 9.17) is 4.84 Å². The van der Waals surface area contributed by atoms with Crippen molar-refractivity contribution in [3.05, 3.63) is 71.5 Å². The van der Waals surface area contributed by atoms with Crippen molar-refractivity contribution in [2.24, 2.45) is 12.2 Å². The molecule has 0 aliphatic heterocycles. The molecule has 1 amide bonds. The van der Waals surface area contributed by atoms with Gasteiger partial charge in [0.2, 0.25) is 0 Å². The van der Waals surface area contributed by atoms with Gasteiger partial charge in [-0.2, -0.15) is 18.3 Å². The number of carbonyl (C=O) groups is 1. The van der Waals surface area contributed by atoms with Crippen LogP contribution in [0.1, 0.15) is 41.9 Å². The Morgan fingerprint density at radius 3 is 2.50 bits per heavy atom. The first-order valence-electron chi connectivity index (χ1n) is 9.99. The lowest BCUT2D eigenvalue weighted by molar-refractivity contribution is -0.141. The molecule has 3 rings (SSSR count). The molecule has 0 fully saturated rings. The zero-order chi connectivity index (χ0) is 23.3. The second-order valence-electron chi connectivity index (χ2n) is 7.15. The standard InChI is InChI=1S/C23H23F3N4O2/c1-4-13-32-29-15(2)16-9-11-17(12-10-16)18-7-5-6-8-20(18)27-22(31)19-14-30(3)28-21(19)23(24,25)26/h5-12,14H,4,13H2,1-3H3,(H,27,31). The van der Waals surface area contributed by atoms with E-state index in [-0.39, 0.29) is 0 Å². The molecule has 0 atom stereocenters. The van der Waals surface area contributed by atoms with Crippen LogP contribution >= 0.6 is 0 Å². The van der Waals surface area contributed by atoms with Gasteiger partial charge in [-0.1, -0.05) is 54.5 Å². The first kappa shape index (κ1) is 23.1. The average Bonchev–Trinajstić information content (AvgIpc) is 3.17. The summed E-state index contributed by atoms with van der Waals surface area (Å²) >= 11 is 0. The predicted molar refractivity (Wildman–Crippen MR) is 116 cm³/mol. The fraction of sp³-hybridized carbons (Fsp3) is 0.261. The van der Waals surface area contributed by atoms with Crippen molar-refractivity contribution in [2.75, 3.05) is 11.9 Å². The number of halogens is 3. The summed E-state index contributed by atoms with van der Waals surface area (Å²) in [7, 11) is 1.33. The molecular formula is C23H23F3N4O2. The third-order valence-electron chi connectivity index (χ3n) is 4.63. The van der Waals surface area contributed by atoms with E-state index in [9.17, 15) is 18.0 Å². The molecule has 2 aromatic carbocycles. The number of hydrogen-bond donors (Lipinski definition) is 1. The minimum Gasteiger partial charge on any atom is -0.396 e. The minimum atomic E-state index is -4.73. The van der Waals surface area contributed by atoms with E-state index in [1.807, 2.05) is 38.1 Å². The number of para-hydroxylation sites is 1. The Balaban J connectivity index is 1.86. The summed E-state index contributed by atoms with van der Waals surface area (Å²) in [5.74, 6) is -0.884. The Hall–Kier alpha value is -3.62. The van der Waals surface area contributed by atoms with Crippen molar-refractivity contribution in [1.82, 2.24) is 9.78 Å². The minimum absolute atomic E-state index is 0.388. The number of alkyl halides is 3. The van der Waals surface area contributed by atoms with Crippen LogP contribution in [0.2, 0.25) is 0 Å². The van der Waals surface area contributed by atoms with Crippen LogP contribution in [-0.2, 0) is 18.1 Å². The van der Waals surface area contributed by atoms with E-state index in [2.05, 4.69) is 15.6 Å². The number of hydrogen-bond acceptors (Lipinski definition) is 4. The van der Waals surface area contributed by atoms with Gasteiger partial charge in [0.15, 0.2) is 5.69 Å². The number of amides is 1. The quantitative estimate of drug-likeness (QED) is 0.297. The number of aromatic nitrogens is 2. The van der Waals surface area contributed by atoms with Gasteiger partial charge in [0.25, 0.3) is 5.91 Å². The summed E-state index contributed by atoms with van der Waals surface area (Å²) < 4.78 is 40.7. The molecule has 3 aromatic rings. The second kappa shape index (κ2) is 9.67. The molecule has 0 saturated carbocycles. The molecule has 9 heteroatoms. The molecule has 1 heterocycles. The van der Waals surface area contributed by atoms with E-state index in [0.717, 1.165) is 34.1 Å². The van der Waals surface area contributed by atoms with E-state index in [0.29, 0.717) is 17.9 Å². The van der Waals surface area contributed by atoms with Crippen molar-refractivity contribution in [1.29, 1.82) is 0 Å². The molecule has 6 nitrogen and oxygen atoms in total. The fourth-order valence-corrected chi connectivity index (χ4v) is 3.07. The van der Waals surface area contributed by atoms with Crippen molar-refractivity contribution >= 4 is 17.3 Å². The highest BCUT2D eigenvalue weighted by atomic mass is 19.4. The van der Waals surface area contributed by atoms with Gasteiger partial charge in [-0.25, -0.2) is 0 Å². The lowest BCUT2D eigenvalue weighted by atomic mass is 10.0. The zero-order valence-corrected chi connectivity index (χ0v) is 17.9. The van der Waals surface area contributed by atoms with Gasteiger partial charge in [0, 0.05) is 24.5 Å². The topological polar surface area (TPSA) is 68.5 Å². The lowest BCUT2D eigenvalue weighted by Crippen LogP contribution is -2.18. The van der Waals surface area contributed by atoms with Crippen LogP contribution in [0.4, 0.5) is 18.9 Å². The summed E-state index contributed by atoms with van der Waals surface area (Å²) in [6.07, 6.45) is -2.82. The van der Waals surface area contributed by atoms with Crippen LogP contribution in [-0.4, -0.2) is 28.0 Å². The molecule has 0 bridgehead atoms. The second-order valence-corrected chi connectivity index (χ2v) is 7.15. The summed E-state index contributed by atoms with van der Waals surface area (Å²) in [5, 5.41) is 10.0. The largest absolute Gasteiger partial charge is 0.435 e. The van der Waals surface area contributed by atoms with Crippen molar-refractivity contribution in [3.63, 3.8) is 0 Å². The third-order valence-corrected chi connectivity index (χ3v) is 4.63. The SMILES string of the molecule is CCCON=C(C)c1ccc(-c2ccccc2NC(=O)c2cn(C)nc2C(F)(F)F)cc1. The Kier molecular flexibility index (Phi) is 6.97. The van der Waals surface area contributed by atoms with E-state index >= 15 is 0 Å². The van der Waals surface area contributed by atoms with E-state index < -0.39 is 23.3 Å². The molecule has 0 aliphatic rings. The van der Waals surface area contributed by atoms with Crippen LogP contribution in [0.5, 0.6) is 0 Å². The van der Waals surface area contributed by atoms with Gasteiger partial charge >= 0.3 is 6.18 Å². The molecule has 168 valence electrons. The zero-order valence-electron chi connectivity index (χ0n) is 17.9. The number of nitrogens with one attached hydrogen (secondary N) is 1. The maximum absolute atomic E-state index is 13.2. The highest BCUT2D eigenvalue weighted by Gasteiger charge is 2.39. The van der Waals surface area contributed by atoms with Gasteiger partial charge in [-0.3, -0.25) is 9.48 Å². The molecule has 1 aromatic heterocycles. The molecule has 0 spiro atoms. The van der Waals surface area contributed by atoms with Crippen LogP contribution in [0, 0.1) is 0 Å². The number of oxime groups is 1. The number of carbonyl (C=O) groups excluding carboxylic acids is 1. The first-order chi connectivity index (χ1) is 15.2. The Bertz CT molecular complexity index is 1120. The molecule has 0 saturated heterocycles. The average molecular weight is 444 g/mol. The summed E-state index contributed by atoms with van der Waals surface area (Å²) in [6, 6.07) is 14.3. The molecule has 32 heavy (non-hydrogen) atoms. The van der Waals surface area contributed by atoms with Crippen molar-refractivity contribution in [2.45, 2.75) is 26.4 Å². The smallest absolute Gasteiger partial charge is 0.396 e. The number of rotatable bonds is 7.